The van der Waals surface area contributed by atoms with Gasteiger partial charge >= 0.3 is 6.18 Å². The lowest BCUT2D eigenvalue weighted by molar-refractivity contribution is -0.148. The van der Waals surface area contributed by atoms with Crippen molar-refractivity contribution >= 4 is 5.91 Å². The Hall–Kier alpha value is -3.56. The van der Waals surface area contributed by atoms with Gasteiger partial charge < -0.3 is 18.9 Å². The molecule has 3 heterocycles. The number of aryl methyl sites for hydroxylation is 1. The van der Waals surface area contributed by atoms with E-state index in [1.165, 1.54) is 0 Å². The van der Waals surface area contributed by atoms with Crippen molar-refractivity contribution in [2.75, 3.05) is 13.3 Å². The standard InChI is InChI=1S/C22H19F3N4O3/c23-22(24,25)21-27-26-20-19(15-4-2-1-3-5-15)28(10-11-29(20)21)18(30)9-7-14-6-8-16-17(12-14)32-13-31-16/h1-6,8,12,19H,7,9-11,13H2. The van der Waals surface area contributed by atoms with E-state index < -0.39 is 18.0 Å². The van der Waals surface area contributed by atoms with Crippen molar-refractivity contribution in [3.63, 3.8) is 0 Å². The van der Waals surface area contributed by atoms with Crippen molar-refractivity contribution in [1.29, 1.82) is 0 Å². The summed E-state index contributed by atoms with van der Waals surface area (Å²) in [6.45, 7) is 0.286. The summed E-state index contributed by atoms with van der Waals surface area (Å²) in [5.74, 6) is 0.217. The van der Waals surface area contributed by atoms with Gasteiger partial charge in [-0.25, -0.2) is 0 Å². The van der Waals surface area contributed by atoms with Crippen LogP contribution in [-0.2, 0) is 23.9 Å². The molecule has 0 aliphatic carbocycles. The van der Waals surface area contributed by atoms with Gasteiger partial charge in [0.15, 0.2) is 17.3 Å². The van der Waals surface area contributed by atoms with Crippen LogP contribution in [0.25, 0.3) is 0 Å². The van der Waals surface area contributed by atoms with Crippen LogP contribution in [0.2, 0.25) is 0 Å². The maximum Gasteiger partial charge on any atom is 0.451 e. The first-order chi connectivity index (χ1) is 15.4. The molecule has 166 valence electrons. The monoisotopic (exact) mass is 444 g/mol. The molecule has 0 radical (unpaired) electrons. The molecule has 2 aromatic carbocycles. The van der Waals surface area contributed by atoms with E-state index in [-0.39, 0.29) is 38.0 Å². The highest BCUT2D eigenvalue weighted by Gasteiger charge is 2.43. The lowest BCUT2D eigenvalue weighted by atomic mass is 10.0. The van der Waals surface area contributed by atoms with Crippen LogP contribution in [0.5, 0.6) is 11.5 Å². The number of hydrogen-bond donors (Lipinski definition) is 0. The van der Waals surface area contributed by atoms with Crippen LogP contribution in [0.4, 0.5) is 13.2 Å². The lowest BCUT2D eigenvalue weighted by Gasteiger charge is -2.36. The molecule has 0 bridgehead atoms. The number of rotatable bonds is 4. The summed E-state index contributed by atoms with van der Waals surface area (Å²) in [6.07, 6.45) is -3.95. The van der Waals surface area contributed by atoms with Crippen molar-refractivity contribution in [2.24, 2.45) is 0 Å². The van der Waals surface area contributed by atoms with Crippen LogP contribution >= 0.6 is 0 Å². The second kappa shape index (κ2) is 7.85. The molecule has 0 fully saturated rings. The second-order valence-electron chi connectivity index (χ2n) is 7.62. The number of aromatic nitrogens is 3. The van der Waals surface area contributed by atoms with Crippen molar-refractivity contribution in [3.05, 3.63) is 71.3 Å². The number of alkyl halides is 3. The predicted octanol–water partition coefficient (Wildman–Crippen LogP) is 3.59. The summed E-state index contributed by atoms with van der Waals surface area (Å²) in [4.78, 5) is 14.8. The van der Waals surface area contributed by atoms with Crippen molar-refractivity contribution in [2.45, 2.75) is 31.6 Å². The Bertz CT molecular complexity index is 1150. The van der Waals surface area contributed by atoms with Gasteiger partial charge in [0.1, 0.15) is 6.04 Å². The summed E-state index contributed by atoms with van der Waals surface area (Å²) in [5, 5.41) is 7.23. The Morgan fingerprint density at radius 3 is 2.59 bits per heavy atom. The minimum atomic E-state index is -4.61. The van der Waals surface area contributed by atoms with Crippen molar-refractivity contribution in [1.82, 2.24) is 19.7 Å². The van der Waals surface area contributed by atoms with Gasteiger partial charge in [0.2, 0.25) is 18.5 Å². The van der Waals surface area contributed by atoms with Crippen LogP contribution in [0.1, 0.15) is 35.2 Å². The number of nitrogens with zero attached hydrogens (tertiary/aromatic N) is 4. The van der Waals surface area contributed by atoms with E-state index in [0.29, 0.717) is 23.5 Å². The van der Waals surface area contributed by atoms with Crippen LogP contribution < -0.4 is 9.47 Å². The zero-order valence-corrected chi connectivity index (χ0v) is 16.9. The Morgan fingerprint density at radius 2 is 1.81 bits per heavy atom. The van der Waals surface area contributed by atoms with Crippen molar-refractivity contribution in [3.8, 4) is 11.5 Å². The van der Waals surface area contributed by atoms with Crippen LogP contribution in [0.15, 0.2) is 48.5 Å². The Morgan fingerprint density at radius 1 is 1.03 bits per heavy atom. The van der Waals surface area contributed by atoms with Crippen LogP contribution in [0, 0.1) is 0 Å². The Balaban J connectivity index is 1.41. The number of fused-ring (bicyclic) bond motifs is 2. The predicted molar refractivity (Wildman–Crippen MR) is 106 cm³/mol. The Kier molecular flexibility index (Phi) is 4.99. The van der Waals surface area contributed by atoms with E-state index >= 15 is 0 Å². The number of carbonyl (C=O) groups excluding carboxylic acids is 1. The number of benzene rings is 2. The Labute approximate surface area is 181 Å². The molecule has 2 aliphatic rings. The minimum Gasteiger partial charge on any atom is -0.454 e. The minimum absolute atomic E-state index is 0.0176. The third-order valence-corrected chi connectivity index (χ3v) is 5.65. The zero-order valence-electron chi connectivity index (χ0n) is 16.9. The van der Waals surface area contributed by atoms with E-state index in [9.17, 15) is 18.0 Å². The highest BCUT2D eigenvalue weighted by molar-refractivity contribution is 5.77. The van der Waals surface area contributed by atoms with E-state index in [2.05, 4.69) is 10.2 Å². The smallest absolute Gasteiger partial charge is 0.451 e. The highest BCUT2D eigenvalue weighted by atomic mass is 19.4. The van der Waals surface area contributed by atoms with Gasteiger partial charge in [0.05, 0.1) is 0 Å². The molecule has 1 aromatic heterocycles. The summed E-state index contributed by atoms with van der Waals surface area (Å²) in [7, 11) is 0. The molecule has 0 spiro atoms. The van der Waals surface area contributed by atoms with Gasteiger partial charge in [-0.1, -0.05) is 36.4 Å². The molecule has 10 heteroatoms. The number of carbonyl (C=O) groups is 1. The summed E-state index contributed by atoms with van der Waals surface area (Å²) in [5.41, 5.74) is 1.60. The summed E-state index contributed by atoms with van der Waals surface area (Å²) < 4.78 is 51.9. The molecule has 7 nitrogen and oxygen atoms in total. The average molecular weight is 444 g/mol. The number of halogens is 3. The molecule has 3 aromatic rings. The van der Waals surface area contributed by atoms with E-state index in [1.807, 2.05) is 18.2 Å². The molecule has 1 unspecified atom stereocenters. The molecule has 2 aliphatic heterocycles. The molecule has 1 atom stereocenters. The first-order valence-electron chi connectivity index (χ1n) is 10.1. The van der Waals surface area contributed by atoms with Gasteiger partial charge in [0, 0.05) is 19.5 Å². The lowest BCUT2D eigenvalue weighted by Crippen LogP contribution is -2.43. The van der Waals surface area contributed by atoms with Crippen molar-refractivity contribution < 1.29 is 27.4 Å². The van der Waals surface area contributed by atoms with Crippen LogP contribution in [-0.4, -0.2) is 38.9 Å². The van der Waals surface area contributed by atoms with E-state index in [0.717, 1.165) is 10.1 Å². The fourth-order valence-corrected chi connectivity index (χ4v) is 4.15. The highest BCUT2D eigenvalue weighted by Crippen LogP contribution is 2.37. The molecule has 0 N–H and O–H groups in total. The molecule has 0 saturated carbocycles. The maximum absolute atomic E-state index is 13.4. The first kappa shape index (κ1) is 20.3. The number of hydrogen-bond acceptors (Lipinski definition) is 5. The molecular weight excluding hydrogens is 425 g/mol. The van der Waals surface area contributed by atoms with Gasteiger partial charge in [-0.3, -0.25) is 4.79 Å². The average Bonchev–Trinajstić information content (AvgIpc) is 3.43. The third kappa shape index (κ3) is 3.65. The number of amides is 1. The van der Waals surface area contributed by atoms with Gasteiger partial charge in [-0.2, -0.15) is 13.2 Å². The van der Waals surface area contributed by atoms with Gasteiger partial charge in [-0.05, 0) is 29.7 Å². The van der Waals surface area contributed by atoms with E-state index in [1.54, 1.807) is 35.2 Å². The third-order valence-electron chi connectivity index (χ3n) is 5.65. The quantitative estimate of drug-likeness (QED) is 0.615. The normalized spacial score (nSPS) is 17.3. The second-order valence-corrected chi connectivity index (χ2v) is 7.62. The molecule has 1 amide bonds. The largest absolute Gasteiger partial charge is 0.454 e. The number of ether oxygens (including phenoxy) is 2. The van der Waals surface area contributed by atoms with Crippen LogP contribution in [0.3, 0.4) is 0 Å². The molecule has 32 heavy (non-hydrogen) atoms. The van der Waals surface area contributed by atoms with E-state index in [4.69, 9.17) is 9.47 Å². The molecule has 0 saturated heterocycles. The maximum atomic E-state index is 13.4. The first-order valence-corrected chi connectivity index (χ1v) is 10.1. The topological polar surface area (TPSA) is 69.5 Å². The fourth-order valence-electron chi connectivity index (χ4n) is 4.15. The fraction of sp³-hybridized carbons (Fsp3) is 0.318. The molecular formula is C22H19F3N4O3. The zero-order chi connectivity index (χ0) is 22.3. The summed E-state index contributed by atoms with van der Waals surface area (Å²) >= 11 is 0. The SMILES string of the molecule is O=C(CCc1ccc2c(c1)OCO2)N1CCn2c(nnc2C(F)(F)F)C1c1ccccc1. The molecule has 5 rings (SSSR count). The van der Waals surface area contributed by atoms with Gasteiger partial charge in [-0.15, -0.1) is 10.2 Å². The summed E-state index contributed by atoms with van der Waals surface area (Å²) in [6, 6.07) is 13.7. The van der Waals surface area contributed by atoms with Gasteiger partial charge in [0.25, 0.3) is 0 Å².